The molecule has 0 amide bonds. The van der Waals surface area contributed by atoms with Gasteiger partial charge in [0.2, 0.25) is 10.0 Å². The number of nitrogen functional groups attached to an aromatic ring is 1. The summed E-state index contributed by atoms with van der Waals surface area (Å²) in [5, 5.41) is 6.41. The van der Waals surface area contributed by atoms with Crippen LogP contribution < -0.4 is 10.5 Å². The summed E-state index contributed by atoms with van der Waals surface area (Å²) in [5.41, 5.74) is 5.37. The molecule has 0 unspecified atom stereocenters. The molecule has 2 heterocycles. The van der Waals surface area contributed by atoms with Crippen molar-refractivity contribution in [1.82, 2.24) is 19.5 Å². The molecule has 0 fully saturated rings. The molecule has 0 aromatic carbocycles. The number of aromatic nitrogens is 3. The van der Waals surface area contributed by atoms with Gasteiger partial charge in [-0.25, -0.2) is 13.4 Å². The number of hydrogen-bond donors (Lipinski definition) is 2. The number of hydrogen-bond acceptors (Lipinski definition) is 6. The third-order valence-electron chi connectivity index (χ3n) is 2.93. The van der Waals surface area contributed by atoms with Gasteiger partial charge in [0.15, 0.2) is 5.82 Å². The molecule has 0 saturated carbocycles. The quantitative estimate of drug-likeness (QED) is 0.875. The second-order valence-corrected chi connectivity index (χ2v) is 7.50. The van der Waals surface area contributed by atoms with E-state index in [0.717, 1.165) is 0 Å². The van der Waals surface area contributed by atoms with Crippen molar-refractivity contribution in [2.24, 2.45) is 7.05 Å². The fourth-order valence-electron chi connectivity index (χ4n) is 1.91. The van der Waals surface area contributed by atoms with Crippen LogP contribution in [0.5, 0.6) is 0 Å². The van der Waals surface area contributed by atoms with Gasteiger partial charge in [0.05, 0.1) is 11.2 Å². The summed E-state index contributed by atoms with van der Waals surface area (Å²) in [7, 11) is -2.13. The lowest BCUT2D eigenvalue weighted by Crippen LogP contribution is -2.41. The first kappa shape index (κ1) is 14.9. The molecule has 0 spiro atoms. The van der Waals surface area contributed by atoms with Crippen LogP contribution in [0.15, 0.2) is 16.5 Å². The number of rotatable bonds is 4. The lowest BCUT2D eigenvalue weighted by Gasteiger charge is -2.23. The summed E-state index contributed by atoms with van der Waals surface area (Å²) in [6.45, 7) is 5.17. The molecular formula is C11H17N5O2S2. The highest BCUT2D eigenvalue weighted by Gasteiger charge is 2.33. The Morgan fingerprint density at radius 1 is 1.45 bits per heavy atom. The van der Waals surface area contributed by atoms with Crippen molar-refractivity contribution in [3.63, 3.8) is 0 Å². The minimum atomic E-state index is -3.78. The van der Waals surface area contributed by atoms with Crippen LogP contribution in [0.3, 0.4) is 0 Å². The standard InChI is InChI=1S/C11H17N5O2S2/c1-7-8(9(12)14-16(7)4)20(17,18)15-11(2,3)10-13-5-6-19-10/h5-6,15H,1-4H3,(H2,12,14). The molecule has 0 bridgehead atoms. The van der Waals surface area contributed by atoms with Crippen LogP contribution in [0.4, 0.5) is 5.82 Å². The van der Waals surface area contributed by atoms with E-state index in [1.807, 2.05) is 0 Å². The van der Waals surface area contributed by atoms with Crippen molar-refractivity contribution >= 4 is 27.2 Å². The molecule has 0 radical (unpaired) electrons. The predicted molar refractivity (Wildman–Crippen MR) is 77.8 cm³/mol. The van der Waals surface area contributed by atoms with Gasteiger partial charge in [-0.1, -0.05) is 0 Å². The summed E-state index contributed by atoms with van der Waals surface area (Å²) < 4.78 is 29.1. The van der Waals surface area contributed by atoms with Crippen molar-refractivity contribution < 1.29 is 8.42 Å². The molecule has 0 aliphatic carbocycles. The Bertz CT molecular complexity index is 716. The first-order valence-corrected chi connectivity index (χ1v) is 8.24. The molecule has 110 valence electrons. The maximum Gasteiger partial charge on any atom is 0.246 e. The van der Waals surface area contributed by atoms with Crippen molar-refractivity contribution in [2.45, 2.75) is 31.2 Å². The fraction of sp³-hybridized carbons (Fsp3) is 0.455. The van der Waals surface area contributed by atoms with Crippen molar-refractivity contribution in [3.05, 3.63) is 22.3 Å². The third kappa shape index (κ3) is 2.56. The average Bonchev–Trinajstić information content (AvgIpc) is 2.87. The Hall–Kier alpha value is -1.45. The highest BCUT2D eigenvalue weighted by atomic mass is 32.2. The van der Waals surface area contributed by atoms with Gasteiger partial charge in [-0.3, -0.25) is 4.68 Å². The molecule has 0 aliphatic rings. The minimum absolute atomic E-state index is 0.00700. The summed E-state index contributed by atoms with van der Waals surface area (Å²) >= 11 is 1.39. The summed E-state index contributed by atoms with van der Waals surface area (Å²) in [6, 6.07) is 0. The number of anilines is 1. The molecular weight excluding hydrogens is 298 g/mol. The predicted octanol–water partition coefficient (Wildman–Crippen LogP) is 0.981. The molecule has 20 heavy (non-hydrogen) atoms. The monoisotopic (exact) mass is 315 g/mol. The largest absolute Gasteiger partial charge is 0.381 e. The number of nitrogens with zero attached hydrogens (tertiary/aromatic N) is 3. The average molecular weight is 315 g/mol. The van der Waals surface area contributed by atoms with Crippen molar-refractivity contribution in [3.8, 4) is 0 Å². The van der Waals surface area contributed by atoms with Gasteiger partial charge < -0.3 is 5.73 Å². The van der Waals surface area contributed by atoms with Crippen molar-refractivity contribution in [1.29, 1.82) is 0 Å². The van der Waals surface area contributed by atoms with E-state index in [2.05, 4.69) is 14.8 Å². The van der Waals surface area contributed by atoms with E-state index in [-0.39, 0.29) is 10.7 Å². The molecule has 3 N–H and O–H groups in total. The zero-order valence-corrected chi connectivity index (χ0v) is 13.3. The second kappa shape index (κ2) is 4.83. The Labute approximate surface area is 121 Å². The van der Waals surface area contributed by atoms with E-state index >= 15 is 0 Å². The smallest absolute Gasteiger partial charge is 0.246 e. The van der Waals surface area contributed by atoms with Crippen LogP contribution in [0.1, 0.15) is 24.5 Å². The van der Waals surface area contributed by atoms with Gasteiger partial charge in [0.25, 0.3) is 0 Å². The van der Waals surface area contributed by atoms with Gasteiger partial charge in [-0.05, 0) is 20.8 Å². The van der Waals surface area contributed by atoms with E-state index in [0.29, 0.717) is 10.7 Å². The maximum atomic E-state index is 12.5. The number of nitrogens with one attached hydrogen (secondary N) is 1. The summed E-state index contributed by atoms with van der Waals surface area (Å²) in [4.78, 5) is 4.17. The highest BCUT2D eigenvalue weighted by Crippen LogP contribution is 2.27. The highest BCUT2D eigenvalue weighted by molar-refractivity contribution is 7.89. The maximum absolute atomic E-state index is 12.5. The van der Waals surface area contributed by atoms with Crippen LogP contribution in [0.2, 0.25) is 0 Å². The zero-order valence-electron chi connectivity index (χ0n) is 11.7. The number of thiazole rings is 1. The first-order valence-electron chi connectivity index (χ1n) is 5.88. The lowest BCUT2D eigenvalue weighted by molar-refractivity contribution is 0.469. The van der Waals surface area contributed by atoms with Gasteiger partial charge in [-0.15, -0.1) is 11.3 Å². The lowest BCUT2D eigenvalue weighted by atomic mass is 10.1. The Kier molecular flexibility index (Phi) is 3.61. The van der Waals surface area contributed by atoms with Crippen LogP contribution >= 0.6 is 11.3 Å². The van der Waals surface area contributed by atoms with E-state index in [9.17, 15) is 8.42 Å². The molecule has 7 nitrogen and oxygen atoms in total. The molecule has 0 aliphatic heterocycles. The Balaban J connectivity index is 2.42. The zero-order chi connectivity index (χ0) is 15.1. The molecule has 9 heteroatoms. The van der Waals surface area contributed by atoms with Gasteiger partial charge >= 0.3 is 0 Å². The minimum Gasteiger partial charge on any atom is -0.381 e. The molecule has 0 atom stereocenters. The topological polar surface area (TPSA) is 103 Å². The van der Waals surface area contributed by atoms with Crippen LogP contribution in [-0.4, -0.2) is 23.2 Å². The summed E-state index contributed by atoms with van der Waals surface area (Å²) in [6.07, 6.45) is 1.64. The summed E-state index contributed by atoms with van der Waals surface area (Å²) in [5.74, 6) is -0.00700. The Morgan fingerprint density at radius 2 is 2.10 bits per heavy atom. The number of sulfonamides is 1. The van der Waals surface area contributed by atoms with E-state index in [1.54, 1.807) is 39.4 Å². The van der Waals surface area contributed by atoms with Gasteiger partial charge in [0, 0.05) is 18.6 Å². The Morgan fingerprint density at radius 3 is 2.55 bits per heavy atom. The molecule has 0 saturated heterocycles. The molecule has 2 rings (SSSR count). The van der Waals surface area contributed by atoms with Gasteiger partial charge in [0.1, 0.15) is 9.90 Å². The number of aryl methyl sites for hydroxylation is 1. The normalized spacial score (nSPS) is 12.8. The van der Waals surface area contributed by atoms with Crippen LogP contribution in [0.25, 0.3) is 0 Å². The number of nitrogens with two attached hydrogens (primary N) is 1. The van der Waals surface area contributed by atoms with Crippen LogP contribution in [-0.2, 0) is 22.6 Å². The second-order valence-electron chi connectivity index (χ2n) is 4.99. The van der Waals surface area contributed by atoms with Crippen LogP contribution in [0, 0.1) is 6.92 Å². The first-order chi connectivity index (χ1) is 9.15. The fourth-order valence-corrected chi connectivity index (χ4v) is 4.40. The SMILES string of the molecule is Cc1c(S(=O)(=O)NC(C)(C)c2nccs2)c(N)nn1C. The van der Waals surface area contributed by atoms with Gasteiger partial charge in [-0.2, -0.15) is 9.82 Å². The molecule has 2 aromatic heterocycles. The molecule has 2 aromatic rings. The van der Waals surface area contributed by atoms with E-state index < -0.39 is 15.6 Å². The third-order valence-corrected chi connectivity index (χ3v) is 5.85. The van der Waals surface area contributed by atoms with Crippen molar-refractivity contribution in [2.75, 3.05) is 5.73 Å². The van der Waals surface area contributed by atoms with E-state index in [4.69, 9.17) is 5.73 Å². The van der Waals surface area contributed by atoms with E-state index in [1.165, 1.54) is 16.0 Å².